The van der Waals surface area contributed by atoms with Gasteiger partial charge in [-0.2, -0.15) is 0 Å². The van der Waals surface area contributed by atoms with Crippen LogP contribution in [0.4, 0.5) is 0 Å². The molecule has 1 aliphatic carbocycles. The number of hydrogen-bond donors (Lipinski definition) is 1. The highest BCUT2D eigenvalue weighted by molar-refractivity contribution is 6.30. The molecule has 1 N–H and O–H groups in total. The van der Waals surface area contributed by atoms with Crippen molar-refractivity contribution in [3.8, 4) is 5.75 Å². The first-order valence-corrected chi connectivity index (χ1v) is 7.75. The van der Waals surface area contributed by atoms with Crippen LogP contribution in [0.1, 0.15) is 35.6 Å². The van der Waals surface area contributed by atoms with Crippen molar-refractivity contribution in [2.45, 2.75) is 31.8 Å². The lowest BCUT2D eigenvalue weighted by molar-refractivity contribution is -0.136. The van der Waals surface area contributed by atoms with Gasteiger partial charge in [0.15, 0.2) is 0 Å². The van der Waals surface area contributed by atoms with Gasteiger partial charge in [-0.05, 0) is 60.2 Å². The molecule has 1 unspecified atom stereocenters. The first-order chi connectivity index (χ1) is 10.6. The molecule has 2 aromatic rings. The summed E-state index contributed by atoms with van der Waals surface area (Å²) in [4.78, 5) is 10.6. The Kier molecular flexibility index (Phi) is 4.34. The molecule has 0 aliphatic heterocycles. The second-order valence-corrected chi connectivity index (χ2v) is 5.96. The second kappa shape index (κ2) is 6.41. The van der Waals surface area contributed by atoms with Crippen LogP contribution in [0.2, 0.25) is 5.02 Å². The van der Waals surface area contributed by atoms with E-state index in [-0.39, 0.29) is 12.5 Å². The minimum Gasteiger partial charge on any atom is -0.486 e. The Morgan fingerprint density at radius 2 is 2.00 bits per heavy atom. The predicted octanol–water partition coefficient (Wildman–Crippen LogP) is 4.42. The summed E-state index contributed by atoms with van der Waals surface area (Å²) in [5.74, 6) is 0.0356. The quantitative estimate of drug-likeness (QED) is 0.888. The van der Waals surface area contributed by atoms with Crippen molar-refractivity contribution in [2.75, 3.05) is 0 Å². The van der Waals surface area contributed by atoms with E-state index in [1.54, 1.807) is 0 Å². The van der Waals surface area contributed by atoms with Gasteiger partial charge in [-0.15, -0.1) is 0 Å². The van der Waals surface area contributed by atoms with E-state index in [2.05, 4.69) is 0 Å². The van der Waals surface area contributed by atoms with E-state index in [1.807, 2.05) is 42.5 Å². The summed E-state index contributed by atoms with van der Waals surface area (Å²) >= 11 is 6.02. The van der Waals surface area contributed by atoms with Crippen molar-refractivity contribution < 1.29 is 14.6 Å². The zero-order valence-electron chi connectivity index (χ0n) is 12.1. The molecule has 1 aliphatic rings. The monoisotopic (exact) mass is 316 g/mol. The molecule has 3 nitrogen and oxygen atoms in total. The summed E-state index contributed by atoms with van der Waals surface area (Å²) < 4.78 is 6.06. The maximum atomic E-state index is 10.6. The molecule has 4 heteroatoms. The zero-order valence-corrected chi connectivity index (χ0v) is 12.8. The number of carboxylic acids is 1. The highest BCUT2D eigenvalue weighted by atomic mass is 35.5. The summed E-state index contributed by atoms with van der Waals surface area (Å²) in [6, 6.07) is 13.6. The van der Waals surface area contributed by atoms with Crippen LogP contribution in [0.15, 0.2) is 42.5 Å². The Balaban J connectivity index is 1.66. The third-order valence-corrected chi connectivity index (χ3v) is 4.19. The number of hydrogen-bond acceptors (Lipinski definition) is 2. The summed E-state index contributed by atoms with van der Waals surface area (Å²) in [6.07, 6.45) is 2.70. The normalized spacial score (nSPS) is 16.3. The lowest BCUT2D eigenvalue weighted by Gasteiger charge is -2.15. The molecule has 0 saturated heterocycles. The third-order valence-electron chi connectivity index (χ3n) is 3.96. The van der Waals surface area contributed by atoms with E-state index in [9.17, 15) is 4.79 Å². The van der Waals surface area contributed by atoms with Gasteiger partial charge >= 0.3 is 5.97 Å². The minimum absolute atomic E-state index is 0.0668. The molecule has 3 rings (SSSR count). The van der Waals surface area contributed by atoms with Crippen LogP contribution in [0.5, 0.6) is 5.75 Å². The Labute approximate surface area is 134 Å². The number of fused-ring (bicyclic) bond motifs is 1. The molecule has 0 bridgehead atoms. The van der Waals surface area contributed by atoms with Gasteiger partial charge in [0.2, 0.25) is 0 Å². The van der Waals surface area contributed by atoms with E-state index >= 15 is 0 Å². The summed E-state index contributed by atoms with van der Waals surface area (Å²) in [5, 5.41) is 9.46. The van der Waals surface area contributed by atoms with Crippen LogP contribution in [0, 0.1) is 0 Å². The number of rotatable bonds is 5. The maximum absolute atomic E-state index is 10.6. The molecule has 1 atom stereocenters. The highest BCUT2D eigenvalue weighted by Crippen LogP contribution is 2.36. The van der Waals surface area contributed by atoms with Gasteiger partial charge in [0.05, 0.1) is 0 Å². The molecule has 2 aromatic carbocycles. The Morgan fingerprint density at radius 1 is 1.23 bits per heavy atom. The van der Waals surface area contributed by atoms with Crippen molar-refractivity contribution in [3.63, 3.8) is 0 Å². The Morgan fingerprint density at radius 3 is 2.73 bits per heavy atom. The summed E-state index contributed by atoms with van der Waals surface area (Å²) in [6.45, 7) is 0. The van der Waals surface area contributed by atoms with E-state index in [0.717, 1.165) is 29.2 Å². The van der Waals surface area contributed by atoms with Gasteiger partial charge in [0, 0.05) is 11.4 Å². The lowest BCUT2D eigenvalue weighted by atomic mass is 10.1. The number of aryl methyl sites for hydroxylation is 2. The molecule has 0 spiro atoms. The smallest absolute Gasteiger partial charge is 0.303 e. The summed E-state index contributed by atoms with van der Waals surface area (Å²) in [7, 11) is 0. The summed E-state index contributed by atoms with van der Waals surface area (Å²) in [5.41, 5.74) is 3.48. The highest BCUT2D eigenvalue weighted by Gasteiger charge is 2.24. The first kappa shape index (κ1) is 14.9. The number of carbonyl (C=O) groups is 1. The fourth-order valence-corrected chi connectivity index (χ4v) is 3.01. The van der Waals surface area contributed by atoms with Gasteiger partial charge in [0.25, 0.3) is 0 Å². The standard InChI is InChI=1S/C18H17ClO3/c19-14-5-8-16-13(11-14)4-9-17(16)22-15-6-1-12(2-7-15)3-10-18(20)21/h1-2,5-8,11,17H,3-4,9-10H2,(H,20,21). The molecular formula is C18H17ClO3. The zero-order chi connectivity index (χ0) is 15.5. The average molecular weight is 317 g/mol. The third kappa shape index (κ3) is 3.42. The predicted molar refractivity (Wildman–Crippen MR) is 85.5 cm³/mol. The molecule has 0 amide bonds. The van der Waals surface area contributed by atoms with E-state index < -0.39 is 5.97 Å². The second-order valence-electron chi connectivity index (χ2n) is 5.53. The molecule has 0 fully saturated rings. The van der Waals surface area contributed by atoms with Crippen molar-refractivity contribution >= 4 is 17.6 Å². The first-order valence-electron chi connectivity index (χ1n) is 7.37. The van der Waals surface area contributed by atoms with E-state index in [0.29, 0.717) is 6.42 Å². The van der Waals surface area contributed by atoms with Crippen LogP contribution in [0.3, 0.4) is 0 Å². The lowest BCUT2D eigenvalue weighted by Crippen LogP contribution is -2.03. The number of aliphatic carboxylic acids is 1. The fourth-order valence-electron chi connectivity index (χ4n) is 2.82. The van der Waals surface area contributed by atoms with Gasteiger partial charge in [-0.1, -0.05) is 29.8 Å². The number of benzene rings is 2. The van der Waals surface area contributed by atoms with Crippen LogP contribution in [0.25, 0.3) is 0 Å². The molecule has 114 valence electrons. The molecule has 22 heavy (non-hydrogen) atoms. The van der Waals surface area contributed by atoms with Gasteiger partial charge in [0.1, 0.15) is 11.9 Å². The van der Waals surface area contributed by atoms with Crippen LogP contribution < -0.4 is 4.74 Å². The Hall–Kier alpha value is -2.00. The molecule has 0 heterocycles. The minimum atomic E-state index is -0.776. The van der Waals surface area contributed by atoms with Crippen LogP contribution >= 0.6 is 11.6 Å². The number of ether oxygens (including phenoxy) is 1. The Bertz CT molecular complexity index is 679. The molecule has 0 saturated carbocycles. The van der Waals surface area contributed by atoms with E-state index in [1.165, 1.54) is 11.1 Å². The van der Waals surface area contributed by atoms with Crippen LogP contribution in [-0.2, 0) is 17.6 Å². The number of halogens is 1. The van der Waals surface area contributed by atoms with Crippen molar-refractivity contribution in [1.82, 2.24) is 0 Å². The fraction of sp³-hybridized carbons (Fsp3) is 0.278. The largest absolute Gasteiger partial charge is 0.486 e. The maximum Gasteiger partial charge on any atom is 0.303 e. The van der Waals surface area contributed by atoms with E-state index in [4.69, 9.17) is 21.4 Å². The molecule has 0 radical (unpaired) electrons. The number of carboxylic acid groups (broad SMARTS) is 1. The van der Waals surface area contributed by atoms with Gasteiger partial charge < -0.3 is 9.84 Å². The van der Waals surface area contributed by atoms with Crippen molar-refractivity contribution in [2.24, 2.45) is 0 Å². The molecular weight excluding hydrogens is 300 g/mol. The van der Waals surface area contributed by atoms with Crippen molar-refractivity contribution in [3.05, 3.63) is 64.2 Å². The van der Waals surface area contributed by atoms with Gasteiger partial charge in [-0.3, -0.25) is 4.79 Å². The van der Waals surface area contributed by atoms with Gasteiger partial charge in [-0.25, -0.2) is 0 Å². The SMILES string of the molecule is O=C(O)CCc1ccc(OC2CCc3cc(Cl)ccc32)cc1. The molecule has 0 aromatic heterocycles. The van der Waals surface area contributed by atoms with Crippen LogP contribution in [-0.4, -0.2) is 11.1 Å². The average Bonchev–Trinajstić information content (AvgIpc) is 2.88. The topological polar surface area (TPSA) is 46.5 Å². The van der Waals surface area contributed by atoms with Crippen molar-refractivity contribution in [1.29, 1.82) is 0 Å².